The molecule has 0 saturated carbocycles. The van der Waals surface area contributed by atoms with E-state index in [2.05, 4.69) is 20.2 Å². The van der Waals surface area contributed by atoms with E-state index in [0.717, 1.165) is 24.8 Å². The Morgan fingerprint density at radius 2 is 1.74 bits per heavy atom. The number of carbonyl (C=O) groups excluding carboxylic acids is 1. The number of piperidine rings is 1. The molecular formula is C17H20N4O2. The molecule has 0 atom stereocenters. The smallest absolute Gasteiger partial charge is 0.255 e. The Labute approximate surface area is 135 Å². The van der Waals surface area contributed by atoms with Gasteiger partial charge in [-0.3, -0.25) is 4.79 Å². The molecule has 1 fully saturated rings. The van der Waals surface area contributed by atoms with E-state index in [9.17, 15) is 4.79 Å². The molecule has 1 N–H and O–H groups in total. The minimum absolute atomic E-state index is 0.193. The summed E-state index contributed by atoms with van der Waals surface area (Å²) in [5.74, 6) is 1.25. The van der Waals surface area contributed by atoms with Crippen LogP contribution in [0.25, 0.3) is 0 Å². The molecule has 2 heterocycles. The number of methoxy groups -OCH3 is 1. The van der Waals surface area contributed by atoms with Crippen LogP contribution in [0.5, 0.6) is 5.75 Å². The van der Waals surface area contributed by atoms with Gasteiger partial charge in [-0.15, -0.1) is 0 Å². The molecule has 2 aromatic rings. The monoisotopic (exact) mass is 312 g/mol. The van der Waals surface area contributed by atoms with Crippen LogP contribution in [0.15, 0.2) is 36.7 Å². The average molecular weight is 312 g/mol. The Balaban J connectivity index is 1.63. The van der Waals surface area contributed by atoms with Crippen LogP contribution in [0.2, 0.25) is 0 Å². The highest BCUT2D eigenvalue weighted by Crippen LogP contribution is 2.17. The zero-order valence-corrected chi connectivity index (χ0v) is 13.2. The van der Waals surface area contributed by atoms with E-state index < -0.39 is 0 Å². The Bertz CT molecular complexity index is 649. The largest absolute Gasteiger partial charge is 0.497 e. The van der Waals surface area contributed by atoms with Crippen molar-refractivity contribution in [1.82, 2.24) is 9.97 Å². The average Bonchev–Trinajstić information content (AvgIpc) is 2.63. The van der Waals surface area contributed by atoms with Gasteiger partial charge >= 0.3 is 0 Å². The predicted octanol–water partition coefficient (Wildman–Crippen LogP) is 2.73. The maximum atomic E-state index is 12.2. The molecule has 1 aromatic carbocycles. The van der Waals surface area contributed by atoms with E-state index in [4.69, 9.17) is 4.74 Å². The first-order valence-corrected chi connectivity index (χ1v) is 7.78. The van der Waals surface area contributed by atoms with Crippen LogP contribution in [0.3, 0.4) is 0 Å². The first-order valence-electron chi connectivity index (χ1n) is 7.78. The van der Waals surface area contributed by atoms with E-state index in [1.54, 1.807) is 43.8 Å². The number of ether oxygens (including phenoxy) is 1. The number of nitrogens with one attached hydrogen (secondary N) is 1. The molecule has 1 amide bonds. The molecule has 0 radical (unpaired) electrons. The minimum atomic E-state index is -0.193. The van der Waals surface area contributed by atoms with Crippen molar-refractivity contribution in [2.75, 3.05) is 30.4 Å². The summed E-state index contributed by atoms with van der Waals surface area (Å²) in [6, 6.07) is 6.95. The summed E-state index contributed by atoms with van der Waals surface area (Å²) in [6.07, 6.45) is 6.93. The molecule has 0 aliphatic carbocycles. The van der Waals surface area contributed by atoms with Gasteiger partial charge in [0.25, 0.3) is 5.91 Å². The number of anilines is 2. The summed E-state index contributed by atoms with van der Waals surface area (Å²) in [5, 5.41) is 2.80. The molecule has 1 aliphatic rings. The lowest BCUT2D eigenvalue weighted by molar-refractivity contribution is 0.102. The van der Waals surface area contributed by atoms with E-state index in [1.807, 2.05) is 0 Å². The molecule has 23 heavy (non-hydrogen) atoms. The van der Waals surface area contributed by atoms with Gasteiger partial charge < -0.3 is 15.0 Å². The highest BCUT2D eigenvalue weighted by Gasteiger charge is 2.13. The molecule has 6 heteroatoms. The first kappa shape index (κ1) is 15.3. The lowest BCUT2D eigenvalue weighted by Crippen LogP contribution is -2.30. The van der Waals surface area contributed by atoms with Gasteiger partial charge in [0.2, 0.25) is 5.95 Å². The maximum Gasteiger partial charge on any atom is 0.255 e. The fourth-order valence-electron chi connectivity index (χ4n) is 2.59. The van der Waals surface area contributed by atoms with Gasteiger partial charge in [-0.2, -0.15) is 0 Å². The molecule has 0 unspecified atom stereocenters. The van der Waals surface area contributed by atoms with Gasteiger partial charge in [0.1, 0.15) is 5.75 Å². The van der Waals surface area contributed by atoms with Crippen LogP contribution in [-0.4, -0.2) is 36.1 Å². The third-order valence-corrected chi connectivity index (χ3v) is 3.89. The van der Waals surface area contributed by atoms with Crippen molar-refractivity contribution in [1.29, 1.82) is 0 Å². The number of rotatable bonds is 4. The molecule has 3 rings (SSSR count). The lowest BCUT2D eigenvalue weighted by atomic mass is 10.1. The van der Waals surface area contributed by atoms with Crippen LogP contribution < -0.4 is 15.0 Å². The van der Waals surface area contributed by atoms with Crippen molar-refractivity contribution in [2.24, 2.45) is 0 Å². The second-order valence-electron chi connectivity index (χ2n) is 5.50. The predicted molar refractivity (Wildman–Crippen MR) is 89.0 cm³/mol. The Kier molecular flexibility index (Phi) is 4.71. The molecule has 1 aromatic heterocycles. The Morgan fingerprint density at radius 3 is 2.35 bits per heavy atom. The van der Waals surface area contributed by atoms with Crippen molar-refractivity contribution in [3.05, 3.63) is 42.2 Å². The van der Waals surface area contributed by atoms with Crippen molar-refractivity contribution in [3.63, 3.8) is 0 Å². The summed E-state index contributed by atoms with van der Waals surface area (Å²) >= 11 is 0. The topological polar surface area (TPSA) is 67.3 Å². The van der Waals surface area contributed by atoms with Crippen molar-refractivity contribution >= 4 is 17.5 Å². The number of benzene rings is 1. The quantitative estimate of drug-likeness (QED) is 0.940. The zero-order valence-electron chi connectivity index (χ0n) is 13.2. The van der Waals surface area contributed by atoms with Gasteiger partial charge in [-0.05, 0) is 43.5 Å². The Hall–Kier alpha value is -2.63. The number of hydrogen-bond acceptors (Lipinski definition) is 5. The summed E-state index contributed by atoms with van der Waals surface area (Å²) in [5.41, 5.74) is 1.15. The molecule has 120 valence electrons. The van der Waals surface area contributed by atoms with Crippen molar-refractivity contribution in [3.8, 4) is 5.75 Å². The van der Waals surface area contributed by atoms with Crippen LogP contribution in [-0.2, 0) is 0 Å². The summed E-state index contributed by atoms with van der Waals surface area (Å²) < 4.78 is 5.08. The van der Waals surface area contributed by atoms with Gasteiger partial charge in [0.05, 0.1) is 25.2 Å². The van der Waals surface area contributed by atoms with E-state index in [-0.39, 0.29) is 5.91 Å². The minimum Gasteiger partial charge on any atom is -0.497 e. The van der Waals surface area contributed by atoms with Gasteiger partial charge in [-0.25, -0.2) is 9.97 Å². The third kappa shape index (κ3) is 3.77. The van der Waals surface area contributed by atoms with Crippen molar-refractivity contribution in [2.45, 2.75) is 19.3 Å². The van der Waals surface area contributed by atoms with Gasteiger partial charge in [-0.1, -0.05) is 0 Å². The highest BCUT2D eigenvalue weighted by molar-refractivity contribution is 6.04. The number of aromatic nitrogens is 2. The van der Waals surface area contributed by atoms with Gasteiger partial charge in [0.15, 0.2) is 0 Å². The fourth-order valence-corrected chi connectivity index (χ4v) is 2.59. The maximum absolute atomic E-state index is 12.2. The van der Waals surface area contributed by atoms with E-state index in [1.165, 1.54) is 19.3 Å². The lowest BCUT2D eigenvalue weighted by Gasteiger charge is -2.26. The van der Waals surface area contributed by atoms with Gasteiger partial charge in [0, 0.05) is 18.7 Å². The molecule has 1 saturated heterocycles. The van der Waals surface area contributed by atoms with E-state index >= 15 is 0 Å². The number of carbonyl (C=O) groups is 1. The second-order valence-corrected chi connectivity index (χ2v) is 5.50. The summed E-state index contributed by atoms with van der Waals surface area (Å²) in [6.45, 7) is 2.00. The fraction of sp³-hybridized carbons (Fsp3) is 0.353. The number of amides is 1. The van der Waals surface area contributed by atoms with Crippen LogP contribution in [0.1, 0.15) is 29.6 Å². The normalized spacial score (nSPS) is 14.4. The number of hydrogen-bond donors (Lipinski definition) is 1. The SMILES string of the molecule is COc1ccc(C(=O)Nc2cnc(N3CCCCC3)nc2)cc1. The zero-order chi connectivity index (χ0) is 16.1. The van der Waals surface area contributed by atoms with Crippen molar-refractivity contribution < 1.29 is 9.53 Å². The summed E-state index contributed by atoms with van der Waals surface area (Å²) in [7, 11) is 1.59. The molecule has 6 nitrogen and oxygen atoms in total. The highest BCUT2D eigenvalue weighted by atomic mass is 16.5. The molecular weight excluding hydrogens is 292 g/mol. The van der Waals surface area contributed by atoms with Crippen LogP contribution in [0, 0.1) is 0 Å². The van der Waals surface area contributed by atoms with Crippen LogP contribution >= 0.6 is 0 Å². The van der Waals surface area contributed by atoms with Crippen LogP contribution in [0.4, 0.5) is 11.6 Å². The second kappa shape index (κ2) is 7.09. The molecule has 0 bridgehead atoms. The first-order chi connectivity index (χ1) is 11.3. The summed E-state index contributed by atoms with van der Waals surface area (Å²) in [4.78, 5) is 23.1. The van der Waals surface area contributed by atoms with E-state index in [0.29, 0.717) is 11.3 Å². The standard InChI is InChI=1S/C17H20N4O2/c1-23-15-7-5-13(6-8-15)16(22)20-14-11-18-17(19-12-14)21-9-3-2-4-10-21/h5-8,11-12H,2-4,9-10H2,1H3,(H,20,22). The number of nitrogens with zero attached hydrogens (tertiary/aromatic N) is 3. The molecule has 1 aliphatic heterocycles. The molecule has 0 spiro atoms. The third-order valence-electron chi connectivity index (χ3n) is 3.89. The Morgan fingerprint density at radius 1 is 1.09 bits per heavy atom.